The van der Waals surface area contributed by atoms with E-state index in [1.165, 1.54) is 12.4 Å². The summed E-state index contributed by atoms with van der Waals surface area (Å²) in [7, 11) is 1.72. The number of rotatable bonds is 5. The number of hydrogen-bond donors (Lipinski definition) is 0. The quantitative estimate of drug-likeness (QED) is 0.521. The zero-order valence-corrected chi connectivity index (χ0v) is 14.2. The van der Waals surface area contributed by atoms with Gasteiger partial charge in [0.15, 0.2) is 5.78 Å². The van der Waals surface area contributed by atoms with Crippen molar-refractivity contribution in [1.29, 1.82) is 0 Å². The van der Waals surface area contributed by atoms with Crippen molar-refractivity contribution < 1.29 is 9.18 Å². The molecule has 0 aliphatic carbocycles. The van der Waals surface area contributed by atoms with Crippen LogP contribution in [0.1, 0.15) is 21.5 Å². The number of benzene rings is 2. The molecule has 128 valence electrons. The molecule has 3 rings (SSSR count). The molecular formula is C21H16FN3O. The number of Topliss-reactive ketones (excluding diaryl/α,β-unsaturated/α-hetero) is 1. The Kier molecular flexibility index (Phi) is 5.04. The van der Waals surface area contributed by atoms with E-state index in [0.717, 1.165) is 0 Å². The molecule has 1 heterocycles. The first-order valence-electron chi connectivity index (χ1n) is 7.95. The first-order chi connectivity index (χ1) is 12.6. The van der Waals surface area contributed by atoms with Crippen LogP contribution in [0.4, 0.5) is 15.8 Å². The molecule has 0 aliphatic heterocycles. The summed E-state index contributed by atoms with van der Waals surface area (Å²) in [5.74, 6) is 2.05. The third-order valence-electron chi connectivity index (χ3n) is 4.02. The van der Waals surface area contributed by atoms with Gasteiger partial charge in [-0.2, -0.15) is 0 Å². The molecule has 0 amide bonds. The number of carbonyl (C=O) groups is 1. The van der Waals surface area contributed by atoms with E-state index in [1.54, 1.807) is 60.7 Å². The van der Waals surface area contributed by atoms with Crippen LogP contribution < -0.4 is 4.90 Å². The van der Waals surface area contributed by atoms with Crippen LogP contribution in [-0.4, -0.2) is 22.8 Å². The molecule has 5 heteroatoms. The molecule has 0 N–H and O–H groups in total. The third kappa shape index (κ3) is 3.76. The van der Waals surface area contributed by atoms with Crippen molar-refractivity contribution in [3.05, 3.63) is 83.7 Å². The fraction of sp³-hybridized carbons (Fsp3) is 0.0952. The van der Waals surface area contributed by atoms with E-state index in [1.807, 2.05) is 0 Å². The van der Waals surface area contributed by atoms with E-state index in [4.69, 9.17) is 6.42 Å². The van der Waals surface area contributed by atoms with Crippen molar-refractivity contribution in [2.24, 2.45) is 0 Å². The van der Waals surface area contributed by atoms with Crippen LogP contribution in [0.25, 0.3) is 0 Å². The van der Waals surface area contributed by atoms with E-state index in [0.29, 0.717) is 28.1 Å². The molecule has 0 radical (unpaired) electrons. The highest BCUT2D eigenvalue weighted by Crippen LogP contribution is 2.26. The van der Waals surface area contributed by atoms with Crippen LogP contribution in [0, 0.1) is 18.2 Å². The SMILES string of the molecule is C#Cc1cccc(C(=O)Cc2ccc(F)c(N(C)c3cncnc3)c2)c1. The average molecular weight is 345 g/mol. The molecule has 26 heavy (non-hydrogen) atoms. The van der Waals surface area contributed by atoms with Gasteiger partial charge in [-0.15, -0.1) is 6.42 Å². The highest BCUT2D eigenvalue weighted by molar-refractivity contribution is 5.98. The number of anilines is 2. The lowest BCUT2D eigenvalue weighted by atomic mass is 10.0. The number of terminal acetylenes is 1. The molecule has 1 aromatic heterocycles. The fourth-order valence-electron chi connectivity index (χ4n) is 2.60. The predicted molar refractivity (Wildman–Crippen MR) is 98.9 cm³/mol. The first-order valence-corrected chi connectivity index (χ1v) is 7.95. The minimum atomic E-state index is -0.387. The van der Waals surface area contributed by atoms with Gasteiger partial charge in [-0.1, -0.05) is 24.1 Å². The van der Waals surface area contributed by atoms with E-state index in [9.17, 15) is 9.18 Å². The van der Waals surface area contributed by atoms with Crippen molar-refractivity contribution in [2.45, 2.75) is 6.42 Å². The number of nitrogens with zero attached hydrogens (tertiary/aromatic N) is 3. The molecular weight excluding hydrogens is 329 g/mol. The normalized spacial score (nSPS) is 10.2. The number of carbonyl (C=O) groups excluding carboxylic acids is 1. The highest BCUT2D eigenvalue weighted by Gasteiger charge is 2.13. The molecule has 0 spiro atoms. The van der Waals surface area contributed by atoms with Crippen LogP contribution in [0.3, 0.4) is 0 Å². The summed E-state index contributed by atoms with van der Waals surface area (Å²) in [5.41, 5.74) is 2.90. The summed E-state index contributed by atoms with van der Waals surface area (Å²) in [6.07, 6.45) is 10.1. The van der Waals surface area contributed by atoms with Gasteiger partial charge in [0.2, 0.25) is 0 Å². The average Bonchev–Trinajstić information content (AvgIpc) is 2.69. The molecule has 0 saturated heterocycles. The van der Waals surface area contributed by atoms with Gasteiger partial charge < -0.3 is 4.90 Å². The van der Waals surface area contributed by atoms with E-state index in [-0.39, 0.29) is 18.0 Å². The van der Waals surface area contributed by atoms with Gasteiger partial charge in [-0.3, -0.25) is 4.79 Å². The Labute approximate surface area is 151 Å². The zero-order chi connectivity index (χ0) is 18.5. The predicted octanol–water partition coefficient (Wildman–Crippen LogP) is 3.79. The number of aromatic nitrogens is 2. The van der Waals surface area contributed by atoms with Gasteiger partial charge in [0.05, 0.1) is 23.8 Å². The summed E-state index contributed by atoms with van der Waals surface area (Å²) in [6.45, 7) is 0. The number of ketones is 1. The van der Waals surface area contributed by atoms with Crippen LogP contribution in [0.15, 0.2) is 61.2 Å². The molecule has 2 aromatic carbocycles. The van der Waals surface area contributed by atoms with Crippen molar-refractivity contribution in [3.8, 4) is 12.3 Å². The first kappa shape index (κ1) is 17.3. The van der Waals surface area contributed by atoms with Gasteiger partial charge >= 0.3 is 0 Å². The Morgan fingerprint density at radius 3 is 2.69 bits per heavy atom. The lowest BCUT2D eigenvalue weighted by Gasteiger charge is -2.20. The Balaban J connectivity index is 1.85. The topological polar surface area (TPSA) is 46.1 Å². The second kappa shape index (κ2) is 7.58. The lowest BCUT2D eigenvalue weighted by Crippen LogP contribution is -2.13. The molecule has 0 bridgehead atoms. The van der Waals surface area contributed by atoms with Gasteiger partial charge in [0.1, 0.15) is 12.1 Å². The summed E-state index contributed by atoms with van der Waals surface area (Å²) in [6, 6.07) is 11.5. The number of hydrogen-bond acceptors (Lipinski definition) is 4. The molecule has 0 aliphatic rings. The van der Waals surface area contributed by atoms with E-state index in [2.05, 4.69) is 15.9 Å². The van der Waals surface area contributed by atoms with Gasteiger partial charge in [-0.05, 0) is 29.8 Å². The molecule has 0 fully saturated rings. The van der Waals surface area contributed by atoms with Crippen molar-refractivity contribution in [2.75, 3.05) is 11.9 Å². The molecule has 3 aromatic rings. The maximum atomic E-state index is 14.3. The second-order valence-corrected chi connectivity index (χ2v) is 5.77. The van der Waals surface area contributed by atoms with E-state index >= 15 is 0 Å². The molecule has 4 nitrogen and oxygen atoms in total. The maximum absolute atomic E-state index is 14.3. The van der Waals surface area contributed by atoms with E-state index < -0.39 is 0 Å². The fourth-order valence-corrected chi connectivity index (χ4v) is 2.60. The Bertz CT molecular complexity index is 980. The van der Waals surface area contributed by atoms with Crippen molar-refractivity contribution >= 4 is 17.2 Å². The standard InChI is InChI=1S/C21H16FN3O/c1-3-15-5-4-6-17(9-15)21(26)11-16-7-8-19(22)20(10-16)25(2)18-12-23-14-24-13-18/h1,4-10,12-14H,11H2,2H3. The van der Waals surface area contributed by atoms with Crippen LogP contribution in [0.2, 0.25) is 0 Å². The molecule has 0 atom stereocenters. The summed E-state index contributed by atoms with van der Waals surface area (Å²) >= 11 is 0. The maximum Gasteiger partial charge on any atom is 0.167 e. The second-order valence-electron chi connectivity index (χ2n) is 5.77. The summed E-state index contributed by atoms with van der Waals surface area (Å²) in [4.78, 5) is 22.0. The minimum Gasteiger partial charge on any atom is -0.340 e. The van der Waals surface area contributed by atoms with Crippen LogP contribution >= 0.6 is 0 Å². The summed E-state index contributed by atoms with van der Waals surface area (Å²) in [5, 5.41) is 0. The molecule has 0 unspecified atom stereocenters. The Hall–Kier alpha value is -3.52. The summed E-state index contributed by atoms with van der Waals surface area (Å²) < 4.78 is 14.3. The number of halogens is 1. The zero-order valence-electron chi connectivity index (χ0n) is 14.2. The third-order valence-corrected chi connectivity index (χ3v) is 4.02. The van der Waals surface area contributed by atoms with Crippen LogP contribution in [0.5, 0.6) is 0 Å². The van der Waals surface area contributed by atoms with Gasteiger partial charge in [-0.25, -0.2) is 14.4 Å². The van der Waals surface area contributed by atoms with Gasteiger partial charge in [0.25, 0.3) is 0 Å². The van der Waals surface area contributed by atoms with Crippen molar-refractivity contribution in [3.63, 3.8) is 0 Å². The van der Waals surface area contributed by atoms with Crippen molar-refractivity contribution in [1.82, 2.24) is 9.97 Å². The van der Waals surface area contributed by atoms with Crippen LogP contribution in [-0.2, 0) is 6.42 Å². The largest absolute Gasteiger partial charge is 0.340 e. The Morgan fingerprint density at radius 1 is 1.19 bits per heavy atom. The smallest absolute Gasteiger partial charge is 0.167 e. The monoisotopic (exact) mass is 345 g/mol. The minimum absolute atomic E-state index is 0.0784. The Morgan fingerprint density at radius 2 is 1.96 bits per heavy atom. The molecule has 0 saturated carbocycles. The lowest BCUT2D eigenvalue weighted by molar-refractivity contribution is 0.0993. The highest BCUT2D eigenvalue weighted by atomic mass is 19.1. The van der Waals surface area contributed by atoms with Gasteiger partial charge in [0, 0.05) is 24.6 Å².